The maximum absolute atomic E-state index is 13.1. The molecule has 36 heavy (non-hydrogen) atoms. The van der Waals surface area contributed by atoms with E-state index < -0.39 is 21.5 Å². The van der Waals surface area contributed by atoms with Crippen LogP contribution in [0.4, 0.5) is 18.9 Å². The maximum Gasteiger partial charge on any atom is 0.534 e. The summed E-state index contributed by atoms with van der Waals surface area (Å²) >= 11 is 0. The zero-order valence-corrected chi connectivity index (χ0v) is 20.2. The highest BCUT2D eigenvalue weighted by Gasteiger charge is 2.49. The fourth-order valence-corrected chi connectivity index (χ4v) is 5.02. The molecule has 1 saturated heterocycles. The fourth-order valence-electron chi connectivity index (χ4n) is 4.58. The number of pyridine rings is 1. The molecule has 2 aliphatic heterocycles. The van der Waals surface area contributed by atoms with Crippen LogP contribution in [0.1, 0.15) is 24.1 Å². The predicted molar refractivity (Wildman–Crippen MR) is 125 cm³/mol. The standard InChI is InChI=1S/C23H24F3N5O4S/c1-30-9-4-6-16(30)14-34-22-28-19-13-31(20-12-27-11-15-5-2-3-7-17(15)20)10-8-18(19)21(29-22)35-36(32,33)23(24,25)26/h2-3,5,7,11-12,16H,4,6,8-10,13-14H2,1H3/t16-/m0/s1. The molecule has 1 fully saturated rings. The fraction of sp³-hybridized carbons (Fsp3) is 0.435. The number of benzene rings is 1. The van der Waals surface area contributed by atoms with Crippen LogP contribution in [0.3, 0.4) is 0 Å². The average molecular weight is 524 g/mol. The molecular weight excluding hydrogens is 499 g/mol. The van der Waals surface area contributed by atoms with Crippen LogP contribution in [-0.2, 0) is 23.1 Å². The summed E-state index contributed by atoms with van der Waals surface area (Å²) in [6.07, 6.45) is 5.54. The molecule has 13 heteroatoms. The minimum absolute atomic E-state index is 0.103. The molecule has 0 radical (unpaired) electrons. The lowest BCUT2D eigenvalue weighted by Crippen LogP contribution is -2.34. The van der Waals surface area contributed by atoms with Gasteiger partial charge >= 0.3 is 21.6 Å². The molecule has 1 atom stereocenters. The number of nitrogens with zero attached hydrogens (tertiary/aromatic N) is 5. The van der Waals surface area contributed by atoms with E-state index in [2.05, 4.69) is 24.0 Å². The summed E-state index contributed by atoms with van der Waals surface area (Å²) in [5.74, 6) is -0.650. The van der Waals surface area contributed by atoms with Gasteiger partial charge in [-0.1, -0.05) is 24.3 Å². The highest BCUT2D eigenvalue weighted by molar-refractivity contribution is 7.87. The quantitative estimate of drug-likeness (QED) is 0.356. The van der Waals surface area contributed by atoms with Gasteiger partial charge in [0.1, 0.15) is 6.61 Å². The van der Waals surface area contributed by atoms with Crippen LogP contribution in [0.15, 0.2) is 36.7 Å². The first-order valence-electron chi connectivity index (χ1n) is 11.4. The highest BCUT2D eigenvalue weighted by atomic mass is 32.2. The van der Waals surface area contributed by atoms with E-state index in [4.69, 9.17) is 4.74 Å². The third-order valence-electron chi connectivity index (χ3n) is 6.54. The molecule has 192 valence electrons. The number of likely N-dealkylation sites (tertiary alicyclic amines) is 1. The maximum atomic E-state index is 13.1. The number of fused-ring (bicyclic) bond motifs is 2. The van der Waals surface area contributed by atoms with Crippen molar-refractivity contribution < 1.29 is 30.5 Å². The lowest BCUT2D eigenvalue weighted by Gasteiger charge is -2.31. The zero-order valence-electron chi connectivity index (χ0n) is 19.4. The number of hydrogen-bond acceptors (Lipinski definition) is 9. The molecule has 9 nitrogen and oxygen atoms in total. The van der Waals surface area contributed by atoms with E-state index in [0.29, 0.717) is 12.2 Å². The molecule has 0 spiro atoms. The molecule has 2 aliphatic rings. The van der Waals surface area contributed by atoms with Gasteiger partial charge in [0.2, 0.25) is 5.88 Å². The van der Waals surface area contributed by atoms with Crippen LogP contribution in [0.2, 0.25) is 0 Å². The number of ether oxygens (including phenoxy) is 1. The van der Waals surface area contributed by atoms with Crippen molar-refractivity contribution in [3.05, 3.63) is 47.9 Å². The molecule has 1 aromatic carbocycles. The second-order valence-corrected chi connectivity index (χ2v) is 10.4. The number of rotatable bonds is 6. The Kier molecular flexibility index (Phi) is 6.37. The summed E-state index contributed by atoms with van der Waals surface area (Å²) in [7, 11) is -3.96. The van der Waals surface area contributed by atoms with E-state index in [1.807, 2.05) is 36.2 Å². The molecule has 0 N–H and O–H groups in total. The van der Waals surface area contributed by atoms with Crippen LogP contribution < -0.4 is 13.8 Å². The Morgan fingerprint density at radius 2 is 1.94 bits per heavy atom. The van der Waals surface area contributed by atoms with E-state index in [1.165, 1.54) is 0 Å². The van der Waals surface area contributed by atoms with Crippen molar-refractivity contribution in [3.63, 3.8) is 0 Å². The Morgan fingerprint density at radius 3 is 2.69 bits per heavy atom. The van der Waals surface area contributed by atoms with Crippen LogP contribution in [0, 0.1) is 0 Å². The second-order valence-electron chi connectivity index (χ2n) is 8.86. The zero-order chi connectivity index (χ0) is 25.5. The van der Waals surface area contributed by atoms with Gasteiger partial charge in [-0.2, -0.15) is 31.6 Å². The van der Waals surface area contributed by atoms with E-state index in [1.54, 1.807) is 12.4 Å². The highest BCUT2D eigenvalue weighted by Crippen LogP contribution is 2.35. The molecule has 2 aromatic heterocycles. The van der Waals surface area contributed by atoms with Gasteiger partial charge in [-0.05, 0) is 32.9 Å². The molecule has 0 unspecified atom stereocenters. The topological polar surface area (TPSA) is 97.8 Å². The van der Waals surface area contributed by atoms with Crippen molar-refractivity contribution in [2.75, 3.05) is 31.6 Å². The van der Waals surface area contributed by atoms with Crippen molar-refractivity contribution in [1.82, 2.24) is 19.9 Å². The number of anilines is 1. The molecule has 3 aromatic rings. The van der Waals surface area contributed by atoms with Crippen LogP contribution in [-0.4, -0.2) is 66.6 Å². The van der Waals surface area contributed by atoms with E-state index in [0.717, 1.165) is 35.8 Å². The summed E-state index contributed by atoms with van der Waals surface area (Å²) < 4.78 is 73.0. The van der Waals surface area contributed by atoms with Gasteiger partial charge in [0.05, 0.1) is 24.1 Å². The van der Waals surface area contributed by atoms with Crippen LogP contribution in [0.25, 0.3) is 10.8 Å². The second kappa shape index (κ2) is 9.36. The molecule has 4 heterocycles. The SMILES string of the molecule is CN1CCC[C@H]1COc1nc2c(c(OS(=O)(=O)C(F)(F)F)n1)CCN(c1cncc3ccccc13)C2. The molecule has 0 amide bonds. The molecular formula is C23H24F3N5O4S. The third-order valence-corrected chi connectivity index (χ3v) is 7.49. The summed E-state index contributed by atoms with van der Waals surface area (Å²) in [5.41, 5.74) is -4.21. The Labute approximate surface area is 206 Å². The number of hydrogen-bond donors (Lipinski definition) is 0. The van der Waals surface area contributed by atoms with Crippen LogP contribution >= 0.6 is 0 Å². The van der Waals surface area contributed by atoms with Gasteiger partial charge in [0.25, 0.3) is 0 Å². The van der Waals surface area contributed by atoms with Crippen molar-refractivity contribution in [2.24, 2.45) is 0 Å². The Bertz CT molecular complexity index is 1380. The van der Waals surface area contributed by atoms with Gasteiger partial charge < -0.3 is 18.7 Å². The molecule has 0 aliphatic carbocycles. The molecule has 0 saturated carbocycles. The first kappa shape index (κ1) is 24.5. The number of halogens is 3. The van der Waals surface area contributed by atoms with E-state index in [-0.39, 0.29) is 37.2 Å². The summed E-state index contributed by atoms with van der Waals surface area (Å²) in [6.45, 7) is 1.69. The van der Waals surface area contributed by atoms with E-state index in [9.17, 15) is 21.6 Å². The Morgan fingerprint density at radius 1 is 1.14 bits per heavy atom. The minimum atomic E-state index is -5.91. The Hall–Kier alpha value is -3.19. The first-order chi connectivity index (χ1) is 17.1. The lowest BCUT2D eigenvalue weighted by molar-refractivity contribution is -0.0502. The number of aromatic nitrogens is 3. The van der Waals surface area contributed by atoms with Crippen molar-refractivity contribution in [2.45, 2.75) is 37.4 Å². The van der Waals surface area contributed by atoms with Gasteiger partial charge in [-0.25, -0.2) is 0 Å². The smallest absolute Gasteiger partial charge is 0.462 e. The molecule has 5 rings (SSSR count). The predicted octanol–water partition coefficient (Wildman–Crippen LogP) is 3.29. The lowest BCUT2D eigenvalue weighted by atomic mass is 10.0. The van der Waals surface area contributed by atoms with Gasteiger partial charge in [0.15, 0.2) is 0 Å². The monoisotopic (exact) mass is 523 g/mol. The number of likely N-dealkylation sites (N-methyl/N-ethyl adjacent to an activating group) is 1. The minimum Gasteiger partial charge on any atom is -0.462 e. The average Bonchev–Trinajstić information content (AvgIpc) is 3.25. The van der Waals surface area contributed by atoms with Crippen molar-refractivity contribution >= 4 is 26.6 Å². The van der Waals surface area contributed by atoms with Gasteiger partial charge in [-0.15, -0.1) is 0 Å². The summed E-state index contributed by atoms with van der Waals surface area (Å²) in [6, 6.07) is 7.59. The largest absolute Gasteiger partial charge is 0.534 e. The molecule has 0 bridgehead atoms. The van der Waals surface area contributed by atoms with E-state index >= 15 is 0 Å². The number of alkyl halides is 3. The first-order valence-corrected chi connectivity index (χ1v) is 12.8. The van der Waals surface area contributed by atoms with Crippen molar-refractivity contribution in [3.8, 4) is 11.9 Å². The third kappa shape index (κ3) is 4.76. The van der Waals surface area contributed by atoms with Gasteiger partial charge in [-0.3, -0.25) is 4.98 Å². The Balaban J connectivity index is 1.49. The summed E-state index contributed by atoms with van der Waals surface area (Å²) in [5, 5.41) is 1.90. The summed E-state index contributed by atoms with van der Waals surface area (Å²) in [4.78, 5) is 16.8. The normalized spacial score (nSPS) is 18.9. The van der Waals surface area contributed by atoms with Gasteiger partial charge in [0, 0.05) is 35.1 Å². The van der Waals surface area contributed by atoms with Crippen molar-refractivity contribution in [1.29, 1.82) is 0 Å². The van der Waals surface area contributed by atoms with Crippen LogP contribution in [0.5, 0.6) is 11.9 Å².